The molecule has 2 heterocycles. The minimum atomic E-state index is 0.580. The zero-order chi connectivity index (χ0) is 15.4. The Bertz CT molecular complexity index is 703. The van der Waals surface area contributed by atoms with Crippen LogP contribution in [0, 0.1) is 18.3 Å². The molecule has 0 bridgehead atoms. The van der Waals surface area contributed by atoms with Crippen LogP contribution in [-0.2, 0) is 4.74 Å². The summed E-state index contributed by atoms with van der Waals surface area (Å²) in [4.78, 5) is 6.76. The fourth-order valence-corrected chi connectivity index (χ4v) is 2.40. The van der Waals surface area contributed by atoms with Crippen molar-refractivity contribution in [3.8, 4) is 17.6 Å². The molecule has 1 aliphatic rings. The molecule has 0 aliphatic carbocycles. The van der Waals surface area contributed by atoms with Crippen LogP contribution in [0.3, 0.4) is 0 Å². The minimum absolute atomic E-state index is 0.580. The maximum atomic E-state index is 8.95. The van der Waals surface area contributed by atoms with Crippen LogP contribution >= 0.6 is 0 Å². The second-order valence-electron chi connectivity index (χ2n) is 5.14. The Morgan fingerprint density at radius 1 is 1.18 bits per heavy atom. The highest BCUT2D eigenvalue weighted by Gasteiger charge is 2.14. The van der Waals surface area contributed by atoms with E-state index in [1.54, 1.807) is 12.1 Å². The number of rotatable bonds is 3. The number of morpholine rings is 1. The summed E-state index contributed by atoms with van der Waals surface area (Å²) in [5.74, 6) is 2.27. The first-order valence-electron chi connectivity index (χ1n) is 7.24. The van der Waals surface area contributed by atoms with Crippen molar-refractivity contribution >= 4 is 5.82 Å². The number of ether oxygens (including phenoxy) is 2. The number of nitriles is 1. The Labute approximate surface area is 129 Å². The van der Waals surface area contributed by atoms with Gasteiger partial charge in [0.05, 0.1) is 24.8 Å². The van der Waals surface area contributed by atoms with Crippen LogP contribution in [0.1, 0.15) is 11.3 Å². The first kappa shape index (κ1) is 14.4. The van der Waals surface area contributed by atoms with E-state index in [2.05, 4.69) is 16.0 Å². The number of hydrogen-bond acceptors (Lipinski definition) is 5. The van der Waals surface area contributed by atoms with Gasteiger partial charge in [-0.05, 0) is 25.1 Å². The zero-order valence-corrected chi connectivity index (χ0v) is 12.5. The average Bonchev–Trinajstić information content (AvgIpc) is 2.55. The number of benzene rings is 1. The summed E-state index contributed by atoms with van der Waals surface area (Å²) < 4.78 is 11.3. The first-order valence-corrected chi connectivity index (χ1v) is 7.24. The number of pyridine rings is 1. The van der Waals surface area contributed by atoms with E-state index in [0.29, 0.717) is 11.3 Å². The summed E-state index contributed by atoms with van der Waals surface area (Å²) in [5.41, 5.74) is 1.48. The zero-order valence-electron chi connectivity index (χ0n) is 12.5. The predicted molar refractivity (Wildman–Crippen MR) is 83.2 cm³/mol. The van der Waals surface area contributed by atoms with Gasteiger partial charge in [0.15, 0.2) is 0 Å². The Hall–Kier alpha value is -2.58. The molecule has 0 spiro atoms. The summed E-state index contributed by atoms with van der Waals surface area (Å²) in [7, 11) is 0. The molecule has 5 heteroatoms. The fourth-order valence-electron chi connectivity index (χ4n) is 2.40. The second kappa shape index (κ2) is 6.46. The van der Waals surface area contributed by atoms with E-state index in [1.807, 2.05) is 31.2 Å². The van der Waals surface area contributed by atoms with Crippen LogP contribution in [0.25, 0.3) is 0 Å². The molecule has 1 aromatic carbocycles. The maximum absolute atomic E-state index is 8.95. The highest BCUT2D eigenvalue weighted by molar-refractivity contribution is 5.47. The van der Waals surface area contributed by atoms with Gasteiger partial charge in [0, 0.05) is 30.9 Å². The Balaban J connectivity index is 1.84. The third kappa shape index (κ3) is 3.35. The van der Waals surface area contributed by atoms with E-state index >= 15 is 0 Å². The molecule has 0 unspecified atom stereocenters. The molecular formula is C17H17N3O2. The van der Waals surface area contributed by atoms with Crippen molar-refractivity contribution in [3.63, 3.8) is 0 Å². The fraction of sp³-hybridized carbons (Fsp3) is 0.294. The molecule has 1 aromatic heterocycles. The highest BCUT2D eigenvalue weighted by Crippen LogP contribution is 2.26. The molecule has 1 aliphatic heterocycles. The van der Waals surface area contributed by atoms with Crippen molar-refractivity contribution in [2.75, 3.05) is 31.2 Å². The minimum Gasteiger partial charge on any atom is -0.457 e. The van der Waals surface area contributed by atoms with Crippen LogP contribution in [0.2, 0.25) is 0 Å². The smallest absolute Gasteiger partial charge is 0.132 e. The average molecular weight is 295 g/mol. The monoisotopic (exact) mass is 295 g/mol. The van der Waals surface area contributed by atoms with E-state index < -0.39 is 0 Å². The molecule has 0 amide bonds. The summed E-state index contributed by atoms with van der Waals surface area (Å²) >= 11 is 0. The van der Waals surface area contributed by atoms with Crippen LogP contribution in [0.5, 0.6) is 11.5 Å². The Kier molecular flexibility index (Phi) is 4.22. The van der Waals surface area contributed by atoms with Crippen LogP contribution in [0.4, 0.5) is 5.82 Å². The van der Waals surface area contributed by atoms with Gasteiger partial charge < -0.3 is 14.4 Å². The molecule has 1 fully saturated rings. The largest absolute Gasteiger partial charge is 0.457 e. The molecular weight excluding hydrogens is 278 g/mol. The molecule has 0 radical (unpaired) electrons. The van der Waals surface area contributed by atoms with Gasteiger partial charge in [-0.2, -0.15) is 5.26 Å². The molecule has 3 rings (SSSR count). The lowest BCUT2D eigenvalue weighted by atomic mass is 10.2. The van der Waals surface area contributed by atoms with Gasteiger partial charge in [-0.1, -0.05) is 6.07 Å². The Morgan fingerprint density at radius 2 is 2.00 bits per heavy atom. The second-order valence-corrected chi connectivity index (χ2v) is 5.14. The summed E-state index contributed by atoms with van der Waals surface area (Å²) in [6, 6.07) is 13.1. The van der Waals surface area contributed by atoms with Gasteiger partial charge in [-0.15, -0.1) is 0 Å². The SMILES string of the molecule is Cc1cc(Oc2cccc(C#N)c2)cc(N2CCOCC2)n1. The van der Waals surface area contributed by atoms with Gasteiger partial charge in [-0.25, -0.2) is 4.98 Å². The van der Waals surface area contributed by atoms with Gasteiger partial charge in [0.2, 0.25) is 0 Å². The molecule has 112 valence electrons. The van der Waals surface area contributed by atoms with Gasteiger partial charge in [0.1, 0.15) is 17.3 Å². The number of aromatic nitrogens is 1. The quantitative estimate of drug-likeness (QED) is 0.871. The number of anilines is 1. The van der Waals surface area contributed by atoms with Crippen molar-refractivity contribution in [2.45, 2.75) is 6.92 Å². The number of nitrogens with zero attached hydrogens (tertiary/aromatic N) is 3. The molecule has 0 atom stereocenters. The molecule has 0 saturated carbocycles. The van der Waals surface area contributed by atoms with Crippen molar-refractivity contribution < 1.29 is 9.47 Å². The van der Waals surface area contributed by atoms with Gasteiger partial charge in [0.25, 0.3) is 0 Å². The van der Waals surface area contributed by atoms with Crippen molar-refractivity contribution in [1.82, 2.24) is 4.98 Å². The van der Waals surface area contributed by atoms with Crippen molar-refractivity contribution in [3.05, 3.63) is 47.7 Å². The van der Waals surface area contributed by atoms with E-state index in [-0.39, 0.29) is 0 Å². The van der Waals surface area contributed by atoms with Gasteiger partial charge >= 0.3 is 0 Å². The topological polar surface area (TPSA) is 58.4 Å². The van der Waals surface area contributed by atoms with Crippen LogP contribution in [0.15, 0.2) is 36.4 Å². The van der Waals surface area contributed by atoms with Crippen LogP contribution < -0.4 is 9.64 Å². The van der Waals surface area contributed by atoms with Crippen LogP contribution in [-0.4, -0.2) is 31.3 Å². The summed E-state index contributed by atoms with van der Waals surface area (Å²) in [5, 5.41) is 8.95. The maximum Gasteiger partial charge on any atom is 0.132 e. The molecule has 22 heavy (non-hydrogen) atoms. The number of hydrogen-bond donors (Lipinski definition) is 0. The van der Waals surface area contributed by atoms with E-state index in [1.165, 1.54) is 0 Å². The Morgan fingerprint density at radius 3 is 2.77 bits per heavy atom. The van der Waals surface area contributed by atoms with E-state index in [0.717, 1.165) is 43.6 Å². The van der Waals surface area contributed by atoms with E-state index in [9.17, 15) is 0 Å². The lowest BCUT2D eigenvalue weighted by Crippen LogP contribution is -2.36. The lowest BCUT2D eigenvalue weighted by molar-refractivity contribution is 0.122. The summed E-state index contributed by atoms with van der Waals surface area (Å²) in [6.07, 6.45) is 0. The van der Waals surface area contributed by atoms with Crippen molar-refractivity contribution in [1.29, 1.82) is 5.26 Å². The standard InChI is InChI=1S/C17H17N3O2/c1-13-9-16(22-15-4-2-3-14(10-15)12-18)11-17(19-13)20-5-7-21-8-6-20/h2-4,9-11H,5-8H2,1H3. The highest BCUT2D eigenvalue weighted by atomic mass is 16.5. The van der Waals surface area contributed by atoms with Crippen molar-refractivity contribution in [2.24, 2.45) is 0 Å². The number of aryl methyl sites for hydroxylation is 1. The summed E-state index contributed by atoms with van der Waals surface area (Å²) in [6.45, 7) is 5.05. The molecule has 5 nitrogen and oxygen atoms in total. The third-order valence-electron chi connectivity index (χ3n) is 3.45. The lowest BCUT2D eigenvalue weighted by Gasteiger charge is -2.28. The predicted octanol–water partition coefficient (Wildman–Crippen LogP) is 2.89. The molecule has 1 saturated heterocycles. The first-order chi connectivity index (χ1) is 10.7. The third-order valence-corrected chi connectivity index (χ3v) is 3.45. The molecule has 2 aromatic rings. The molecule has 0 N–H and O–H groups in total. The normalized spacial score (nSPS) is 14.5. The van der Waals surface area contributed by atoms with Gasteiger partial charge in [-0.3, -0.25) is 0 Å². The van der Waals surface area contributed by atoms with E-state index in [4.69, 9.17) is 14.7 Å².